The number of furan rings is 1. The molecule has 0 aliphatic rings. The number of ketones is 1. The molecule has 2 aromatic heterocycles. The van der Waals surface area contributed by atoms with Crippen molar-refractivity contribution in [1.29, 1.82) is 0 Å². The fourth-order valence-electron chi connectivity index (χ4n) is 3.04. The van der Waals surface area contributed by atoms with Crippen molar-refractivity contribution < 1.29 is 23.5 Å². The fraction of sp³-hybridized carbons (Fsp3) is 0.286. The van der Waals surface area contributed by atoms with Gasteiger partial charge in [0.1, 0.15) is 0 Å². The van der Waals surface area contributed by atoms with Crippen molar-refractivity contribution in [3.8, 4) is 0 Å². The summed E-state index contributed by atoms with van der Waals surface area (Å²) in [7, 11) is 0. The molecule has 7 heteroatoms. The second kappa shape index (κ2) is 8.56. The van der Waals surface area contributed by atoms with Crippen molar-refractivity contribution in [3.63, 3.8) is 0 Å². The number of amides is 1. The normalized spacial score (nSPS) is 11.9. The molecular formula is C21H22N2O5. The molecule has 146 valence electrons. The third-order valence-corrected chi connectivity index (χ3v) is 4.41. The SMILES string of the molecule is Cc1[nH]c2ccccc2c1C(=O)C(C)OC(=O)CCCNC(=O)c1ccco1. The molecule has 3 rings (SSSR count). The summed E-state index contributed by atoms with van der Waals surface area (Å²) >= 11 is 0. The lowest BCUT2D eigenvalue weighted by atomic mass is 10.0. The van der Waals surface area contributed by atoms with E-state index in [1.807, 2.05) is 31.2 Å². The Morgan fingerprint density at radius 3 is 2.71 bits per heavy atom. The monoisotopic (exact) mass is 382 g/mol. The third-order valence-electron chi connectivity index (χ3n) is 4.41. The van der Waals surface area contributed by atoms with Crippen molar-refractivity contribution in [2.75, 3.05) is 6.54 Å². The zero-order valence-electron chi connectivity index (χ0n) is 15.8. The number of nitrogens with one attached hydrogen (secondary N) is 2. The molecule has 2 N–H and O–H groups in total. The summed E-state index contributed by atoms with van der Waals surface area (Å²) in [4.78, 5) is 39.7. The van der Waals surface area contributed by atoms with Crippen molar-refractivity contribution >= 4 is 28.6 Å². The Balaban J connectivity index is 1.49. The van der Waals surface area contributed by atoms with Gasteiger partial charge in [-0.05, 0) is 38.5 Å². The fourth-order valence-corrected chi connectivity index (χ4v) is 3.04. The Kier molecular flexibility index (Phi) is 5.93. The van der Waals surface area contributed by atoms with E-state index in [1.165, 1.54) is 6.26 Å². The van der Waals surface area contributed by atoms with Crippen molar-refractivity contribution in [3.05, 3.63) is 59.7 Å². The van der Waals surface area contributed by atoms with Gasteiger partial charge >= 0.3 is 5.97 Å². The number of Topliss-reactive ketones (excluding diaryl/α,β-unsaturated/α-hetero) is 1. The summed E-state index contributed by atoms with van der Waals surface area (Å²) < 4.78 is 10.3. The Morgan fingerprint density at radius 1 is 1.18 bits per heavy atom. The van der Waals surface area contributed by atoms with Gasteiger partial charge in [-0.15, -0.1) is 0 Å². The van der Waals surface area contributed by atoms with E-state index in [9.17, 15) is 14.4 Å². The van der Waals surface area contributed by atoms with Crippen LogP contribution in [-0.2, 0) is 9.53 Å². The topological polar surface area (TPSA) is 101 Å². The largest absolute Gasteiger partial charge is 0.459 e. The van der Waals surface area contributed by atoms with Crippen LogP contribution in [0.25, 0.3) is 10.9 Å². The van der Waals surface area contributed by atoms with Gasteiger partial charge in [0.2, 0.25) is 5.78 Å². The highest BCUT2D eigenvalue weighted by Crippen LogP contribution is 2.23. The molecule has 1 amide bonds. The number of rotatable bonds is 8. The standard InChI is InChI=1S/C21H22N2O5/c1-13-19(15-7-3-4-8-16(15)23-13)20(25)14(2)28-18(24)10-5-11-22-21(26)17-9-6-12-27-17/h3-4,6-9,12,14,23H,5,10-11H2,1-2H3,(H,22,26). The van der Waals surface area contributed by atoms with Gasteiger partial charge < -0.3 is 19.5 Å². The number of carbonyl (C=O) groups excluding carboxylic acids is 3. The van der Waals surface area contributed by atoms with Gasteiger partial charge in [0.25, 0.3) is 5.91 Å². The second-order valence-electron chi connectivity index (χ2n) is 6.50. The van der Waals surface area contributed by atoms with Gasteiger partial charge in [0.05, 0.1) is 6.26 Å². The lowest BCUT2D eigenvalue weighted by molar-refractivity contribution is -0.146. The molecule has 3 aromatic rings. The zero-order chi connectivity index (χ0) is 20.1. The third kappa shape index (κ3) is 4.31. The molecule has 0 radical (unpaired) electrons. The molecule has 7 nitrogen and oxygen atoms in total. The van der Waals surface area contributed by atoms with E-state index in [0.717, 1.165) is 16.6 Å². The number of aromatic amines is 1. The molecule has 2 heterocycles. The minimum atomic E-state index is -0.886. The maximum absolute atomic E-state index is 12.8. The number of ether oxygens (including phenoxy) is 1. The van der Waals surface area contributed by atoms with Crippen LogP contribution in [0.2, 0.25) is 0 Å². The van der Waals surface area contributed by atoms with E-state index in [4.69, 9.17) is 9.15 Å². The quantitative estimate of drug-likeness (QED) is 0.353. The molecular weight excluding hydrogens is 360 g/mol. The maximum Gasteiger partial charge on any atom is 0.306 e. The summed E-state index contributed by atoms with van der Waals surface area (Å²) in [6.45, 7) is 3.70. The number of carbonyl (C=O) groups is 3. The summed E-state index contributed by atoms with van der Waals surface area (Å²) in [6.07, 6.45) is 1.03. The Bertz CT molecular complexity index is 988. The number of hydrogen-bond acceptors (Lipinski definition) is 5. The number of H-pyrrole nitrogens is 1. The molecule has 0 aliphatic heterocycles. The smallest absolute Gasteiger partial charge is 0.306 e. The van der Waals surface area contributed by atoms with Gasteiger partial charge in [0.15, 0.2) is 11.9 Å². The number of fused-ring (bicyclic) bond motifs is 1. The molecule has 28 heavy (non-hydrogen) atoms. The second-order valence-corrected chi connectivity index (χ2v) is 6.50. The first-order valence-corrected chi connectivity index (χ1v) is 9.10. The van der Waals surface area contributed by atoms with Crippen LogP contribution in [-0.4, -0.2) is 35.3 Å². The number of aromatic nitrogens is 1. The molecule has 0 saturated carbocycles. The first kappa shape index (κ1) is 19.4. The van der Waals surface area contributed by atoms with Crippen LogP contribution >= 0.6 is 0 Å². The van der Waals surface area contributed by atoms with E-state index in [1.54, 1.807) is 19.1 Å². The summed E-state index contributed by atoms with van der Waals surface area (Å²) in [5.41, 5.74) is 2.16. The van der Waals surface area contributed by atoms with Crippen molar-refractivity contribution in [2.24, 2.45) is 0 Å². The van der Waals surface area contributed by atoms with Crippen molar-refractivity contribution in [1.82, 2.24) is 10.3 Å². The Morgan fingerprint density at radius 2 is 1.96 bits per heavy atom. The van der Waals surface area contributed by atoms with E-state index in [2.05, 4.69) is 10.3 Å². The van der Waals surface area contributed by atoms with Crippen LogP contribution in [0.15, 0.2) is 47.1 Å². The average Bonchev–Trinajstić information content (AvgIpc) is 3.31. The van der Waals surface area contributed by atoms with Crippen LogP contribution in [0.4, 0.5) is 0 Å². The Hall–Kier alpha value is -3.35. The molecule has 1 aromatic carbocycles. The van der Waals surface area contributed by atoms with Gasteiger partial charge in [-0.3, -0.25) is 14.4 Å². The van der Waals surface area contributed by atoms with Crippen LogP contribution in [0.1, 0.15) is 46.4 Å². The maximum atomic E-state index is 12.8. The minimum absolute atomic E-state index is 0.100. The summed E-state index contributed by atoms with van der Waals surface area (Å²) in [5.74, 6) is -0.840. The highest BCUT2D eigenvalue weighted by atomic mass is 16.5. The van der Waals surface area contributed by atoms with E-state index < -0.39 is 12.1 Å². The van der Waals surface area contributed by atoms with Crippen LogP contribution in [0, 0.1) is 6.92 Å². The van der Waals surface area contributed by atoms with E-state index >= 15 is 0 Å². The van der Waals surface area contributed by atoms with E-state index in [-0.39, 0.29) is 23.9 Å². The highest BCUT2D eigenvalue weighted by molar-refractivity contribution is 6.11. The molecule has 0 spiro atoms. The van der Waals surface area contributed by atoms with Crippen LogP contribution < -0.4 is 5.32 Å². The number of aryl methyl sites for hydroxylation is 1. The predicted molar refractivity (Wildman–Crippen MR) is 103 cm³/mol. The number of hydrogen-bond donors (Lipinski definition) is 2. The van der Waals surface area contributed by atoms with Gasteiger partial charge in [-0.2, -0.15) is 0 Å². The first-order chi connectivity index (χ1) is 13.5. The number of benzene rings is 1. The molecule has 1 unspecified atom stereocenters. The molecule has 0 saturated heterocycles. The van der Waals surface area contributed by atoms with Crippen LogP contribution in [0.3, 0.4) is 0 Å². The molecule has 0 bridgehead atoms. The summed E-state index contributed by atoms with van der Waals surface area (Å²) in [5, 5.41) is 3.47. The molecule has 1 atom stereocenters. The number of esters is 1. The number of para-hydroxylation sites is 1. The van der Waals surface area contributed by atoms with E-state index in [0.29, 0.717) is 18.5 Å². The lowest BCUT2D eigenvalue weighted by Gasteiger charge is -2.12. The molecule has 0 fully saturated rings. The average molecular weight is 382 g/mol. The lowest BCUT2D eigenvalue weighted by Crippen LogP contribution is -2.27. The Labute approximate surface area is 162 Å². The van der Waals surface area contributed by atoms with Gasteiger partial charge in [-0.1, -0.05) is 18.2 Å². The predicted octanol–water partition coefficient (Wildman–Crippen LogP) is 3.39. The zero-order valence-corrected chi connectivity index (χ0v) is 15.8. The first-order valence-electron chi connectivity index (χ1n) is 9.10. The van der Waals surface area contributed by atoms with Gasteiger partial charge in [-0.25, -0.2) is 0 Å². The molecule has 0 aliphatic carbocycles. The van der Waals surface area contributed by atoms with Gasteiger partial charge in [0, 0.05) is 35.1 Å². The summed E-state index contributed by atoms with van der Waals surface area (Å²) in [6, 6.07) is 10.7. The van der Waals surface area contributed by atoms with Crippen molar-refractivity contribution in [2.45, 2.75) is 32.8 Å². The van der Waals surface area contributed by atoms with Crippen LogP contribution in [0.5, 0.6) is 0 Å². The highest BCUT2D eigenvalue weighted by Gasteiger charge is 2.24. The minimum Gasteiger partial charge on any atom is -0.459 e.